The molecular formula is C10H21NS. The van der Waals surface area contributed by atoms with E-state index in [2.05, 4.69) is 37.8 Å². The van der Waals surface area contributed by atoms with Gasteiger partial charge in [-0.2, -0.15) is 11.8 Å². The Balaban J connectivity index is 2.13. The molecule has 0 amide bonds. The van der Waals surface area contributed by atoms with E-state index in [1.165, 1.54) is 25.1 Å². The predicted octanol–water partition coefficient (Wildman–Crippen LogP) is 2.52. The lowest BCUT2D eigenvalue weighted by Crippen LogP contribution is -2.34. The van der Waals surface area contributed by atoms with Crippen molar-refractivity contribution < 1.29 is 0 Å². The normalized spacial score (nSPS) is 30.0. The largest absolute Gasteiger partial charge is 0.315 e. The molecule has 1 N–H and O–H groups in total. The molecule has 0 aromatic carbocycles. The summed E-state index contributed by atoms with van der Waals surface area (Å²) < 4.78 is 0.537. The molecule has 0 aliphatic carbocycles. The molecule has 1 heterocycles. The first-order chi connectivity index (χ1) is 5.62. The molecule has 1 aliphatic rings. The minimum absolute atomic E-state index is 0.537. The van der Waals surface area contributed by atoms with Gasteiger partial charge in [0.2, 0.25) is 0 Å². The van der Waals surface area contributed by atoms with Gasteiger partial charge >= 0.3 is 0 Å². The quantitative estimate of drug-likeness (QED) is 0.726. The Bertz CT molecular complexity index is 128. The van der Waals surface area contributed by atoms with E-state index in [-0.39, 0.29) is 0 Å². The van der Waals surface area contributed by atoms with Gasteiger partial charge in [0.15, 0.2) is 0 Å². The van der Waals surface area contributed by atoms with Gasteiger partial charge in [-0.05, 0) is 38.0 Å². The second-order valence-electron chi connectivity index (χ2n) is 4.43. The minimum Gasteiger partial charge on any atom is -0.315 e. The van der Waals surface area contributed by atoms with Crippen molar-refractivity contribution in [2.75, 3.05) is 18.8 Å². The molecule has 72 valence electrons. The highest BCUT2D eigenvalue weighted by Crippen LogP contribution is 2.36. The van der Waals surface area contributed by atoms with Crippen molar-refractivity contribution in [2.24, 2.45) is 5.92 Å². The van der Waals surface area contributed by atoms with Crippen LogP contribution in [0.4, 0.5) is 0 Å². The third-order valence-corrected chi connectivity index (χ3v) is 3.89. The molecule has 0 aromatic rings. The Morgan fingerprint density at radius 3 is 2.75 bits per heavy atom. The average molecular weight is 187 g/mol. The highest BCUT2D eigenvalue weighted by Gasteiger charge is 2.28. The van der Waals surface area contributed by atoms with E-state index in [4.69, 9.17) is 0 Å². The van der Waals surface area contributed by atoms with Crippen LogP contribution in [0.2, 0.25) is 0 Å². The van der Waals surface area contributed by atoms with E-state index in [9.17, 15) is 0 Å². The second-order valence-corrected chi connectivity index (χ2v) is 6.11. The molecule has 0 saturated carbocycles. The predicted molar refractivity (Wildman–Crippen MR) is 57.8 cm³/mol. The van der Waals surface area contributed by atoms with Crippen LogP contribution in [-0.4, -0.2) is 23.6 Å². The number of hydrogen-bond donors (Lipinski definition) is 1. The Kier molecular flexibility index (Phi) is 3.91. The van der Waals surface area contributed by atoms with Crippen LogP contribution in [0.5, 0.6) is 0 Å². The lowest BCUT2D eigenvalue weighted by molar-refractivity contribution is 0.492. The molecule has 1 fully saturated rings. The molecule has 1 aliphatic heterocycles. The molecule has 2 heteroatoms. The highest BCUT2D eigenvalue weighted by atomic mass is 32.2. The van der Waals surface area contributed by atoms with Crippen LogP contribution in [-0.2, 0) is 0 Å². The van der Waals surface area contributed by atoms with Gasteiger partial charge in [-0.15, -0.1) is 0 Å². The monoisotopic (exact) mass is 187 g/mol. The summed E-state index contributed by atoms with van der Waals surface area (Å²) in [7, 11) is 0. The molecule has 0 radical (unpaired) electrons. The van der Waals surface area contributed by atoms with E-state index in [1.807, 2.05) is 0 Å². The summed E-state index contributed by atoms with van der Waals surface area (Å²) in [6.07, 6.45) is 2.80. The van der Waals surface area contributed by atoms with Gasteiger partial charge in [0.05, 0.1) is 0 Å². The Morgan fingerprint density at radius 2 is 2.25 bits per heavy atom. The third-order valence-electron chi connectivity index (χ3n) is 2.35. The molecule has 12 heavy (non-hydrogen) atoms. The van der Waals surface area contributed by atoms with Gasteiger partial charge in [0.1, 0.15) is 0 Å². The SMILES string of the molecule is CC(C)CNCC1(C)CCCS1. The molecular weight excluding hydrogens is 166 g/mol. The summed E-state index contributed by atoms with van der Waals surface area (Å²) in [6.45, 7) is 9.26. The summed E-state index contributed by atoms with van der Waals surface area (Å²) in [5.41, 5.74) is 0. The average Bonchev–Trinajstić information content (AvgIpc) is 2.35. The first kappa shape index (κ1) is 10.4. The van der Waals surface area contributed by atoms with Crippen LogP contribution in [0.1, 0.15) is 33.6 Å². The molecule has 1 unspecified atom stereocenters. The maximum Gasteiger partial charge on any atom is 0.0256 e. The van der Waals surface area contributed by atoms with Crippen molar-refractivity contribution in [3.8, 4) is 0 Å². The van der Waals surface area contributed by atoms with Crippen molar-refractivity contribution in [1.29, 1.82) is 0 Å². The minimum atomic E-state index is 0.537. The van der Waals surface area contributed by atoms with Crippen LogP contribution in [0.25, 0.3) is 0 Å². The van der Waals surface area contributed by atoms with Gasteiger partial charge in [-0.25, -0.2) is 0 Å². The summed E-state index contributed by atoms with van der Waals surface area (Å²) in [5.74, 6) is 2.14. The smallest absolute Gasteiger partial charge is 0.0256 e. The van der Waals surface area contributed by atoms with Crippen LogP contribution >= 0.6 is 11.8 Å². The molecule has 0 bridgehead atoms. The molecule has 1 atom stereocenters. The van der Waals surface area contributed by atoms with E-state index >= 15 is 0 Å². The number of thioether (sulfide) groups is 1. The molecule has 1 nitrogen and oxygen atoms in total. The van der Waals surface area contributed by atoms with Crippen LogP contribution in [0.15, 0.2) is 0 Å². The maximum atomic E-state index is 3.55. The van der Waals surface area contributed by atoms with E-state index in [1.54, 1.807) is 0 Å². The number of nitrogens with one attached hydrogen (secondary N) is 1. The summed E-state index contributed by atoms with van der Waals surface area (Å²) >= 11 is 2.13. The van der Waals surface area contributed by atoms with Crippen molar-refractivity contribution in [3.05, 3.63) is 0 Å². The standard InChI is InChI=1S/C10H21NS/c1-9(2)7-11-8-10(3)5-4-6-12-10/h9,11H,4-8H2,1-3H3. The summed E-state index contributed by atoms with van der Waals surface area (Å²) in [5, 5.41) is 3.55. The number of rotatable bonds is 4. The van der Waals surface area contributed by atoms with Crippen molar-refractivity contribution in [3.63, 3.8) is 0 Å². The fourth-order valence-electron chi connectivity index (χ4n) is 1.60. The molecule has 1 rings (SSSR count). The van der Waals surface area contributed by atoms with Gasteiger partial charge in [-0.1, -0.05) is 13.8 Å². The summed E-state index contributed by atoms with van der Waals surface area (Å²) in [6, 6.07) is 0. The van der Waals surface area contributed by atoms with E-state index < -0.39 is 0 Å². The molecule has 0 spiro atoms. The van der Waals surface area contributed by atoms with E-state index in [0.717, 1.165) is 12.5 Å². The Morgan fingerprint density at radius 1 is 1.50 bits per heavy atom. The van der Waals surface area contributed by atoms with Gasteiger partial charge in [0.25, 0.3) is 0 Å². The van der Waals surface area contributed by atoms with Gasteiger partial charge in [-0.3, -0.25) is 0 Å². The Labute approximate surface area is 80.7 Å². The maximum absolute atomic E-state index is 3.55. The molecule has 1 saturated heterocycles. The molecule has 0 aromatic heterocycles. The van der Waals surface area contributed by atoms with E-state index in [0.29, 0.717) is 4.75 Å². The van der Waals surface area contributed by atoms with Gasteiger partial charge in [0, 0.05) is 11.3 Å². The van der Waals surface area contributed by atoms with Crippen LogP contribution < -0.4 is 5.32 Å². The first-order valence-corrected chi connectivity index (χ1v) is 5.96. The van der Waals surface area contributed by atoms with Crippen LogP contribution in [0, 0.1) is 5.92 Å². The lowest BCUT2D eigenvalue weighted by atomic mass is 10.1. The van der Waals surface area contributed by atoms with Crippen LogP contribution in [0.3, 0.4) is 0 Å². The topological polar surface area (TPSA) is 12.0 Å². The fraction of sp³-hybridized carbons (Fsp3) is 1.00. The van der Waals surface area contributed by atoms with Gasteiger partial charge < -0.3 is 5.32 Å². The highest BCUT2D eigenvalue weighted by molar-refractivity contribution is 8.00. The number of hydrogen-bond acceptors (Lipinski definition) is 2. The van der Waals surface area contributed by atoms with Crippen molar-refractivity contribution >= 4 is 11.8 Å². The third kappa shape index (κ3) is 3.36. The fourth-order valence-corrected chi connectivity index (χ4v) is 2.88. The second kappa shape index (κ2) is 4.52. The van der Waals surface area contributed by atoms with Crippen molar-refractivity contribution in [2.45, 2.75) is 38.4 Å². The zero-order chi connectivity index (χ0) is 9.03. The lowest BCUT2D eigenvalue weighted by Gasteiger charge is -2.23. The van der Waals surface area contributed by atoms with Crippen molar-refractivity contribution in [1.82, 2.24) is 5.32 Å². The zero-order valence-electron chi connectivity index (χ0n) is 8.52. The zero-order valence-corrected chi connectivity index (χ0v) is 9.34. The Hall–Kier alpha value is 0.310. The first-order valence-electron chi connectivity index (χ1n) is 4.97. The summed E-state index contributed by atoms with van der Waals surface area (Å²) in [4.78, 5) is 0.